The van der Waals surface area contributed by atoms with E-state index in [4.69, 9.17) is 0 Å². The minimum absolute atomic E-state index is 0.0436. The summed E-state index contributed by atoms with van der Waals surface area (Å²) in [5, 5.41) is 14.3. The Morgan fingerprint density at radius 3 is 2.80 bits per heavy atom. The van der Waals surface area contributed by atoms with Crippen molar-refractivity contribution in [1.82, 2.24) is 5.32 Å². The van der Waals surface area contributed by atoms with Crippen LogP contribution in [-0.4, -0.2) is 17.4 Å². The maximum absolute atomic E-state index is 12.0. The summed E-state index contributed by atoms with van der Waals surface area (Å²) in [5.74, 6) is 0.426. The molecule has 1 amide bonds. The molecule has 0 unspecified atom stereocenters. The first-order valence-corrected chi connectivity index (χ1v) is 7.25. The summed E-state index contributed by atoms with van der Waals surface area (Å²) in [6.45, 7) is 4.85. The van der Waals surface area contributed by atoms with Crippen LogP contribution in [0.4, 0.5) is 5.69 Å². The number of carbonyl (C=O) groups is 1. The van der Waals surface area contributed by atoms with E-state index in [1.54, 1.807) is 12.1 Å². The van der Waals surface area contributed by atoms with Crippen LogP contribution in [0.15, 0.2) is 24.3 Å². The van der Waals surface area contributed by atoms with E-state index in [9.17, 15) is 14.9 Å². The van der Waals surface area contributed by atoms with E-state index in [2.05, 4.69) is 19.2 Å². The number of nitro groups is 1. The van der Waals surface area contributed by atoms with Crippen LogP contribution in [0.2, 0.25) is 0 Å². The van der Waals surface area contributed by atoms with Gasteiger partial charge in [0.25, 0.3) is 11.6 Å². The number of carbonyl (C=O) groups excluding carboxylic acids is 1. The van der Waals surface area contributed by atoms with Crippen molar-refractivity contribution >= 4 is 33.0 Å². The van der Waals surface area contributed by atoms with Crippen LogP contribution in [-0.2, 0) is 0 Å². The van der Waals surface area contributed by atoms with E-state index >= 15 is 0 Å². The van der Waals surface area contributed by atoms with Gasteiger partial charge in [0.2, 0.25) is 0 Å². The molecule has 0 bridgehead atoms. The second-order valence-electron chi connectivity index (χ2n) is 5.03. The van der Waals surface area contributed by atoms with Crippen molar-refractivity contribution < 1.29 is 9.72 Å². The lowest BCUT2D eigenvalue weighted by atomic mass is 10.1. The highest BCUT2D eigenvalue weighted by molar-refractivity contribution is 7.20. The third-order valence-corrected chi connectivity index (χ3v) is 4.06. The van der Waals surface area contributed by atoms with Gasteiger partial charge >= 0.3 is 0 Å². The van der Waals surface area contributed by atoms with Gasteiger partial charge < -0.3 is 5.32 Å². The van der Waals surface area contributed by atoms with Crippen molar-refractivity contribution in [2.75, 3.05) is 6.54 Å². The van der Waals surface area contributed by atoms with Gasteiger partial charge in [-0.15, -0.1) is 11.3 Å². The van der Waals surface area contributed by atoms with Crippen molar-refractivity contribution in [3.63, 3.8) is 0 Å². The van der Waals surface area contributed by atoms with Crippen molar-refractivity contribution in [3.05, 3.63) is 39.3 Å². The Bertz CT molecular complexity index is 649. The van der Waals surface area contributed by atoms with Gasteiger partial charge in [-0.1, -0.05) is 13.8 Å². The van der Waals surface area contributed by atoms with Crippen molar-refractivity contribution in [3.8, 4) is 0 Å². The van der Waals surface area contributed by atoms with E-state index in [1.807, 2.05) is 0 Å². The molecule has 0 aliphatic carbocycles. The number of hydrogen-bond donors (Lipinski definition) is 1. The van der Waals surface area contributed by atoms with Crippen molar-refractivity contribution in [2.24, 2.45) is 5.92 Å². The first-order valence-electron chi connectivity index (χ1n) is 6.43. The molecule has 2 rings (SSSR count). The average molecular weight is 292 g/mol. The first kappa shape index (κ1) is 14.5. The number of nitro benzene ring substituents is 1. The van der Waals surface area contributed by atoms with Gasteiger partial charge in [0.05, 0.1) is 9.80 Å². The number of amides is 1. The highest BCUT2D eigenvalue weighted by Gasteiger charge is 2.13. The number of thiophene rings is 1. The summed E-state index contributed by atoms with van der Waals surface area (Å²) in [7, 11) is 0. The van der Waals surface area contributed by atoms with Crippen LogP contribution in [0.25, 0.3) is 10.1 Å². The zero-order chi connectivity index (χ0) is 14.7. The molecule has 20 heavy (non-hydrogen) atoms. The van der Waals surface area contributed by atoms with Gasteiger partial charge in [-0.05, 0) is 24.5 Å². The lowest BCUT2D eigenvalue weighted by Crippen LogP contribution is -2.24. The second-order valence-corrected chi connectivity index (χ2v) is 6.11. The van der Waals surface area contributed by atoms with E-state index < -0.39 is 4.92 Å². The fourth-order valence-electron chi connectivity index (χ4n) is 1.82. The molecule has 0 saturated carbocycles. The summed E-state index contributed by atoms with van der Waals surface area (Å²) >= 11 is 1.35. The Morgan fingerprint density at radius 1 is 1.40 bits per heavy atom. The van der Waals surface area contributed by atoms with Crippen LogP contribution in [0.1, 0.15) is 29.9 Å². The molecule has 0 atom stereocenters. The molecule has 0 radical (unpaired) electrons. The monoisotopic (exact) mass is 292 g/mol. The summed E-state index contributed by atoms with van der Waals surface area (Å²) in [5.41, 5.74) is 0.0436. The molecule has 0 saturated heterocycles. The molecule has 0 fully saturated rings. The Labute approximate surface area is 120 Å². The quantitative estimate of drug-likeness (QED) is 0.676. The number of nitrogens with one attached hydrogen (secondary N) is 1. The van der Waals surface area contributed by atoms with Crippen molar-refractivity contribution in [2.45, 2.75) is 20.3 Å². The molecule has 1 aromatic heterocycles. The van der Waals surface area contributed by atoms with Crippen molar-refractivity contribution in [1.29, 1.82) is 0 Å². The van der Waals surface area contributed by atoms with Gasteiger partial charge in [-0.3, -0.25) is 14.9 Å². The Hall–Kier alpha value is -1.95. The zero-order valence-corrected chi connectivity index (χ0v) is 12.2. The summed E-state index contributed by atoms with van der Waals surface area (Å²) in [6, 6.07) is 6.34. The van der Waals surface area contributed by atoms with Gasteiger partial charge in [0.1, 0.15) is 0 Å². The Balaban J connectivity index is 2.14. The lowest BCUT2D eigenvalue weighted by molar-refractivity contribution is -0.384. The molecule has 6 heteroatoms. The van der Waals surface area contributed by atoms with Crippen LogP contribution in [0, 0.1) is 16.0 Å². The van der Waals surface area contributed by atoms with Gasteiger partial charge in [0.15, 0.2) is 0 Å². The topological polar surface area (TPSA) is 72.2 Å². The minimum atomic E-state index is -0.431. The van der Waals surface area contributed by atoms with Gasteiger partial charge in [0, 0.05) is 28.8 Å². The molecule has 1 heterocycles. The van der Waals surface area contributed by atoms with E-state index in [0.29, 0.717) is 17.3 Å². The largest absolute Gasteiger partial charge is 0.351 e. The molecule has 0 spiro atoms. The SMILES string of the molecule is CC(C)CCNC(=O)c1cc2cc([N+](=O)[O-])ccc2s1. The van der Waals surface area contributed by atoms with Crippen LogP contribution in [0.5, 0.6) is 0 Å². The lowest BCUT2D eigenvalue weighted by Gasteiger charge is -2.05. The number of hydrogen-bond acceptors (Lipinski definition) is 4. The number of rotatable bonds is 5. The molecule has 5 nitrogen and oxygen atoms in total. The predicted octanol–water partition coefficient (Wildman–Crippen LogP) is 3.59. The molecule has 0 aliphatic heterocycles. The van der Waals surface area contributed by atoms with E-state index in [1.165, 1.54) is 23.5 Å². The first-order chi connectivity index (χ1) is 9.47. The molecular weight excluding hydrogens is 276 g/mol. The second kappa shape index (κ2) is 6.00. The number of fused-ring (bicyclic) bond motifs is 1. The summed E-state index contributed by atoms with van der Waals surface area (Å²) < 4.78 is 0.879. The number of nitrogens with zero attached hydrogens (tertiary/aromatic N) is 1. The predicted molar refractivity (Wildman–Crippen MR) is 80.3 cm³/mol. The minimum Gasteiger partial charge on any atom is -0.351 e. The molecule has 1 N–H and O–H groups in total. The van der Waals surface area contributed by atoms with Crippen LogP contribution >= 0.6 is 11.3 Å². The Morgan fingerprint density at radius 2 is 2.15 bits per heavy atom. The fraction of sp³-hybridized carbons (Fsp3) is 0.357. The maximum Gasteiger partial charge on any atom is 0.270 e. The average Bonchev–Trinajstić information content (AvgIpc) is 2.80. The van der Waals surface area contributed by atoms with Crippen LogP contribution in [0.3, 0.4) is 0 Å². The summed E-state index contributed by atoms with van der Waals surface area (Å²) in [6.07, 6.45) is 0.933. The zero-order valence-electron chi connectivity index (χ0n) is 11.4. The standard InChI is InChI=1S/C14H16N2O3S/c1-9(2)5-6-15-14(17)13-8-10-7-11(16(18)19)3-4-12(10)20-13/h3-4,7-9H,5-6H2,1-2H3,(H,15,17). The Kier molecular flexibility index (Phi) is 4.34. The fourth-order valence-corrected chi connectivity index (χ4v) is 2.78. The third-order valence-electron chi connectivity index (χ3n) is 2.94. The maximum atomic E-state index is 12.0. The van der Waals surface area contributed by atoms with Gasteiger partial charge in [-0.25, -0.2) is 0 Å². The molecule has 1 aromatic carbocycles. The normalized spacial score (nSPS) is 10.9. The molecule has 2 aromatic rings. The number of non-ortho nitro benzene ring substituents is 1. The number of benzene rings is 1. The third kappa shape index (κ3) is 3.33. The molecule has 106 valence electrons. The molecular formula is C14H16N2O3S. The van der Waals surface area contributed by atoms with Crippen LogP contribution < -0.4 is 5.32 Å². The summed E-state index contributed by atoms with van der Waals surface area (Å²) in [4.78, 5) is 22.9. The highest BCUT2D eigenvalue weighted by Crippen LogP contribution is 2.28. The van der Waals surface area contributed by atoms with Gasteiger partial charge in [-0.2, -0.15) is 0 Å². The molecule has 0 aliphatic rings. The smallest absolute Gasteiger partial charge is 0.270 e. The highest BCUT2D eigenvalue weighted by atomic mass is 32.1. The van der Waals surface area contributed by atoms with E-state index in [-0.39, 0.29) is 11.6 Å². The van der Waals surface area contributed by atoms with E-state index in [0.717, 1.165) is 16.5 Å².